The predicted molar refractivity (Wildman–Crippen MR) is 100 cm³/mol. The molecular formula is C17H21N3O3S2. The maximum atomic E-state index is 12.5. The Morgan fingerprint density at radius 2 is 1.72 bits per heavy atom. The molecule has 0 N–H and O–H groups in total. The first kappa shape index (κ1) is 19.4. The first-order valence-corrected chi connectivity index (χ1v) is 9.93. The van der Waals surface area contributed by atoms with Gasteiger partial charge in [0.05, 0.1) is 10.3 Å². The maximum Gasteiger partial charge on any atom is 0.244 e. The zero-order valence-electron chi connectivity index (χ0n) is 14.6. The predicted octanol–water partition coefficient (Wildman–Crippen LogP) is 2.48. The molecule has 1 aromatic heterocycles. The van der Waals surface area contributed by atoms with Crippen LogP contribution in [0.1, 0.15) is 6.92 Å². The number of hydrogen-bond acceptors (Lipinski definition) is 5. The van der Waals surface area contributed by atoms with E-state index in [1.807, 2.05) is 30.3 Å². The van der Waals surface area contributed by atoms with Crippen molar-refractivity contribution in [3.63, 3.8) is 0 Å². The number of para-hydroxylation sites is 1. The Morgan fingerprint density at radius 1 is 1.08 bits per heavy atom. The van der Waals surface area contributed by atoms with Gasteiger partial charge >= 0.3 is 0 Å². The van der Waals surface area contributed by atoms with Crippen molar-refractivity contribution in [1.29, 1.82) is 0 Å². The van der Waals surface area contributed by atoms with E-state index in [2.05, 4.69) is 4.98 Å². The number of sulfonamides is 1. The Morgan fingerprint density at radius 3 is 2.24 bits per heavy atom. The summed E-state index contributed by atoms with van der Waals surface area (Å²) in [5.41, 5.74) is 0.820. The number of aromatic nitrogens is 1. The molecule has 1 aromatic carbocycles. The van der Waals surface area contributed by atoms with Crippen LogP contribution in [-0.2, 0) is 14.8 Å². The normalized spacial score (nSPS) is 12.8. The second-order valence-electron chi connectivity index (χ2n) is 5.61. The monoisotopic (exact) mass is 379 g/mol. The van der Waals surface area contributed by atoms with Crippen molar-refractivity contribution in [2.75, 3.05) is 26.0 Å². The van der Waals surface area contributed by atoms with Crippen molar-refractivity contribution < 1.29 is 13.2 Å². The van der Waals surface area contributed by atoms with Gasteiger partial charge in [-0.2, -0.15) is 0 Å². The van der Waals surface area contributed by atoms with Gasteiger partial charge in [-0.1, -0.05) is 30.0 Å². The Bertz CT molecular complexity index is 822. The van der Waals surface area contributed by atoms with E-state index in [9.17, 15) is 13.2 Å². The van der Waals surface area contributed by atoms with Crippen molar-refractivity contribution >= 4 is 33.4 Å². The average Bonchev–Trinajstić information content (AvgIpc) is 2.61. The highest BCUT2D eigenvalue weighted by Crippen LogP contribution is 2.25. The third kappa shape index (κ3) is 4.59. The average molecular weight is 380 g/mol. The molecule has 0 saturated carbocycles. The quantitative estimate of drug-likeness (QED) is 0.721. The first-order chi connectivity index (χ1) is 11.7. The number of carbonyl (C=O) groups is 1. The van der Waals surface area contributed by atoms with Crippen LogP contribution in [0.5, 0.6) is 0 Å². The van der Waals surface area contributed by atoms with Gasteiger partial charge in [0.25, 0.3) is 0 Å². The lowest BCUT2D eigenvalue weighted by Gasteiger charge is -2.21. The Kier molecular flexibility index (Phi) is 6.21. The van der Waals surface area contributed by atoms with Gasteiger partial charge in [-0.05, 0) is 31.2 Å². The number of thioether (sulfide) groups is 1. The number of carbonyl (C=O) groups excluding carboxylic acids is 1. The van der Waals surface area contributed by atoms with Crippen LogP contribution in [-0.4, -0.2) is 50.0 Å². The molecule has 6 nitrogen and oxygen atoms in total. The van der Waals surface area contributed by atoms with E-state index in [-0.39, 0.29) is 16.1 Å². The fraction of sp³-hybridized carbons (Fsp3) is 0.294. The summed E-state index contributed by atoms with van der Waals surface area (Å²) >= 11 is 1.29. The number of anilines is 1. The molecule has 0 aliphatic rings. The minimum absolute atomic E-state index is 0.0528. The van der Waals surface area contributed by atoms with Crippen LogP contribution in [0.4, 0.5) is 5.69 Å². The topological polar surface area (TPSA) is 70.6 Å². The zero-order chi connectivity index (χ0) is 18.6. The van der Waals surface area contributed by atoms with Gasteiger partial charge in [-0.25, -0.2) is 17.7 Å². The summed E-state index contributed by atoms with van der Waals surface area (Å²) in [6.07, 6.45) is 1.32. The molecule has 1 atom stereocenters. The van der Waals surface area contributed by atoms with E-state index >= 15 is 0 Å². The fourth-order valence-electron chi connectivity index (χ4n) is 2.08. The molecule has 1 amide bonds. The number of amides is 1. The van der Waals surface area contributed by atoms with Crippen LogP contribution < -0.4 is 4.90 Å². The summed E-state index contributed by atoms with van der Waals surface area (Å²) in [5, 5.41) is 0.244. The summed E-state index contributed by atoms with van der Waals surface area (Å²) in [6, 6.07) is 12.5. The van der Waals surface area contributed by atoms with Crippen LogP contribution in [0.25, 0.3) is 0 Å². The van der Waals surface area contributed by atoms with E-state index in [4.69, 9.17) is 0 Å². The van der Waals surface area contributed by atoms with E-state index in [0.29, 0.717) is 5.03 Å². The third-order valence-electron chi connectivity index (χ3n) is 3.61. The molecular weight excluding hydrogens is 358 g/mol. The van der Waals surface area contributed by atoms with Crippen LogP contribution in [0.2, 0.25) is 0 Å². The standard InChI is InChI=1S/C17H21N3O3S2/c1-13(17(21)20(4)14-8-6-5-7-9-14)24-16-11-10-15(12-18-16)25(22,23)19(2)3/h5-13H,1-4H3/t13-/m1/s1. The maximum absolute atomic E-state index is 12.5. The largest absolute Gasteiger partial charge is 0.315 e. The molecule has 1 heterocycles. The highest BCUT2D eigenvalue weighted by molar-refractivity contribution is 8.00. The van der Waals surface area contributed by atoms with Gasteiger partial charge in [0, 0.05) is 33.0 Å². The van der Waals surface area contributed by atoms with Crippen molar-refractivity contribution in [3.05, 3.63) is 48.7 Å². The van der Waals surface area contributed by atoms with Gasteiger partial charge in [0.2, 0.25) is 15.9 Å². The summed E-state index contributed by atoms with van der Waals surface area (Å²) in [5.74, 6) is -0.0528. The summed E-state index contributed by atoms with van der Waals surface area (Å²) in [4.78, 5) is 18.4. The fourth-order valence-corrected chi connectivity index (χ4v) is 3.81. The Hall–Kier alpha value is -1.90. The Balaban J connectivity index is 2.08. The molecule has 0 aliphatic carbocycles. The van der Waals surface area contributed by atoms with E-state index in [1.54, 1.807) is 24.9 Å². The van der Waals surface area contributed by atoms with Crippen LogP contribution >= 0.6 is 11.8 Å². The molecule has 0 radical (unpaired) electrons. The molecule has 0 fully saturated rings. The number of benzene rings is 1. The lowest BCUT2D eigenvalue weighted by atomic mass is 10.3. The molecule has 0 aliphatic heterocycles. The smallest absolute Gasteiger partial charge is 0.244 e. The van der Waals surface area contributed by atoms with Crippen LogP contribution in [0, 0.1) is 0 Å². The van der Waals surface area contributed by atoms with Crippen molar-refractivity contribution in [2.45, 2.75) is 22.1 Å². The number of pyridine rings is 1. The lowest BCUT2D eigenvalue weighted by Crippen LogP contribution is -2.33. The highest BCUT2D eigenvalue weighted by Gasteiger charge is 2.21. The van der Waals surface area contributed by atoms with Gasteiger partial charge in [-0.15, -0.1) is 0 Å². The second-order valence-corrected chi connectivity index (χ2v) is 9.13. The number of hydrogen-bond donors (Lipinski definition) is 0. The molecule has 0 unspecified atom stereocenters. The van der Waals surface area contributed by atoms with Crippen molar-refractivity contribution in [3.8, 4) is 0 Å². The molecule has 0 spiro atoms. The van der Waals surface area contributed by atoms with E-state index < -0.39 is 10.0 Å². The van der Waals surface area contributed by atoms with Crippen molar-refractivity contribution in [1.82, 2.24) is 9.29 Å². The van der Waals surface area contributed by atoms with Gasteiger partial charge in [0.1, 0.15) is 4.90 Å². The molecule has 0 bridgehead atoms. The van der Waals surface area contributed by atoms with E-state index in [0.717, 1.165) is 9.99 Å². The Labute approximate surface area is 152 Å². The molecule has 25 heavy (non-hydrogen) atoms. The minimum atomic E-state index is -3.50. The zero-order valence-corrected chi connectivity index (χ0v) is 16.2. The second kappa shape index (κ2) is 7.99. The molecule has 134 valence electrons. The molecule has 8 heteroatoms. The summed E-state index contributed by atoms with van der Waals surface area (Å²) in [7, 11) is 1.17. The third-order valence-corrected chi connectivity index (χ3v) is 6.44. The summed E-state index contributed by atoms with van der Waals surface area (Å²) in [6.45, 7) is 1.80. The highest BCUT2D eigenvalue weighted by atomic mass is 32.2. The SMILES string of the molecule is C[C@@H](Sc1ccc(S(=O)(=O)N(C)C)cn1)C(=O)N(C)c1ccccc1. The summed E-state index contributed by atoms with van der Waals surface area (Å²) < 4.78 is 25.2. The van der Waals surface area contributed by atoms with Crippen LogP contribution in [0.15, 0.2) is 58.6 Å². The van der Waals surface area contributed by atoms with Gasteiger partial charge in [-0.3, -0.25) is 4.79 Å². The molecule has 2 aromatic rings. The number of nitrogens with zero attached hydrogens (tertiary/aromatic N) is 3. The molecule has 0 saturated heterocycles. The first-order valence-electron chi connectivity index (χ1n) is 7.61. The van der Waals surface area contributed by atoms with Crippen LogP contribution in [0.3, 0.4) is 0 Å². The van der Waals surface area contributed by atoms with Gasteiger partial charge in [0.15, 0.2) is 0 Å². The lowest BCUT2D eigenvalue weighted by molar-refractivity contribution is -0.117. The van der Waals surface area contributed by atoms with Crippen molar-refractivity contribution in [2.24, 2.45) is 0 Å². The number of rotatable bonds is 6. The minimum Gasteiger partial charge on any atom is -0.315 e. The molecule has 2 rings (SSSR count). The van der Waals surface area contributed by atoms with E-state index in [1.165, 1.54) is 38.1 Å². The van der Waals surface area contributed by atoms with Gasteiger partial charge < -0.3 is 4.90 Å².